The molecule has 0 atom stereocenters. The Kier molecular flexibility index (Phi) is 9.02. The Morgan fingerprint density at radius 3 is 2.24 bits per heavy atom. The minimum absolute atomic E-state index is 0.0474. The number of benzene rings is 2. The number of aliphatic carboxylic acids is 1. The highest BCUT2D eigenvalue weighted by Crippen LogP contribution is 2.41. The van der Waals surface area contributed by atoms with Gasteiger partial charge >= 0.3 is 12.1 Å². The van der Waals surface area contributed by atoms with Crippen molar-refractivity contribution >= 4 is 28.7 Å². The van der Waals surface area contributed by atoms with E-state index < -0.39 is 23.6 Å². The van der Waals surface area contributed by atoms with E-state index in [-0.39, 0.29) is 17.9 Å². The van der Waals surface area contributed by atoms with Crippen LogP contribution < -0.4 is 20.9 Å². The topological polar surface area (TPSA) is 160 Å². The van der Waals surface area contributed by atoms with Crippen molar-refractivity contribution in [1.82, 2.24) is 21.1 Å². The van der Waals surface area contributed by atoms with Crippen molar-refractivity contribution < 1.29 is 42.6 Å². The lowest BCUT2D eigenvalue weighted by molar-refractivity contribution is -0.192. The monoisotopic (exact) mass is 588 g/mol. The van der Waals surface area contributed by atoms with Gasteiger partial charge in [-0.1, -0.05) is 18.2 Å². The van der Waals surface area contributed by atoms with E-state index in [1.165, 1.54) is 0 Å². The molecule has 1 spiro atoms. The number of fused-ring (bicyclic) bond motifs is 1. The van der Waals surface area contributed by atoms with E-state index in [2.05, 4.69) is 15.6 Å². The van der Waals surface area contributed by atoms with Crippen LogP contribution in [0, 0.1) is 6.92 Å². The largest absolute Gasteiger partial charge is 0.490 e. The van der Waals surface area contributed by atoms with Gasteiger partial charge in [0.05, 0.1) is 11.9 Å². The number of carbonyl (C=O) groups is 3. The summed E-state index contributed by atoms with van der Waals surface area (Å²) in [6, 6.07) is 17.0. The molecular weight excluding hydrogens is 557 g/mol. The summed E-state index contributed by atoms with van der Waals surface area (Å²) in [7, 11) is 0. The van der Waals surface area contributed by atoms with E-state index in [0.717, 1.165) is 41.5 Å². The third-order valence-corrected chi connectivity index (χ3v) is 7.53. The smallest absolute Gasteiger partial charge is 0.489 e. The number of rotatable bonds is 7. The number of hydrogen-bond acceptors (Lipinski definition) is 7. The van der Waals surface area contributed by atoms with Gasteiger partial charge in [0.25, 0.3) is 5.91 Å². The Hall–Kier alpha value is -4.23. The molecule has 1 saturated carbocycles. The lowest BCUT2D eigenvalue weighted by Crippen LogP contribution is -2.54. The number of para-hydroxylation sites is 1. The zero-order valence-corrected chi connectivity index (χ0v) is 22.8. The fourth-order valence-electron chi connectivity index (χ4n) is 5.07. The summed E-state index contributed by atoms with van der Waals surface area (Å²) in [5.74, 6) is -2.83. The van der Waals surface area contributed by atoms with Gasteiger partial charge in [-0.15, -0.1) is 0 Å². The molecule has 1 aliphatic heterocycles. The van der Waals surface area contributed by atoms with Gasteiger partial charge in [0.1, 0.15) is 12.4 Å². The number of nitrogens with zero attached hydrogens (tertiary/aromatic N) is 1. The zero-order valence-electron chi connectivity index (χ0n) is 22.8. The van der Waals surface area contributed by atoms with Gasteiger partial charge in [0.15, 0.2) is 0 Å². The summed E-state index contributed by atoms with van der Waals surface area (Å²) in [5.41, 5.74) is 4.63. The van der Waals surface area contributed by atoms with Crippen LogP contribution >= 0.6 is 0 Å². The molecule has 3 aromatic rings. The van der Waals surface area contributed by atoms with Gasteiger partial charge in [-0.3, -0.25) is 19.8 Å². The number of carbonyl (C=O) groups excluding carboxylic acids is 2. The number of pyridine rings is 1. The molecule has 2 heterocycles. The fourth-order valence-corrected chi connectivity index (χ4v) is 5.07. The van der Waals surface area contributed by atoms with E-state index >= 15 is 0 Å². The van der Waals surface area contributed by atoms with E-state index in [1.54, 1.807) is 29.7 Å². The average molecular weight is 589 g/mol. The van der Waals surface area contributed by atoms with Crippen molar-refractivity contribution in [1.29, 1.82) is 0 Å². The standard InChI is InChI=1S/C27H30N4O4.C2HF3O2/c1-18-14-20(22-4-2-3-5-23(22)29-18)16-35-21-8-6-19(7-9-21)25(33)30-26(15-24(32)31-34)10-12-27(13-11-26)17-28-27;3-2(4,5)1(6)7/h2-9,14,28,34H,10-13,15-17H2,1H3,(H,30,33)(H,31,32);(H,6,7)/t26-,27-;. The number of aryl methyl sites for hydroxylation is 1. The van der Waals surface area contributed by atoms with Crippen LogP contribution in [0.4, 0.5) is 13.2 Å². The molecule has 2 fully saturated rings. The molecule has 1 saturated heterocycles. The van der Waals surface area contributed by atoms with E-state index in [9.17, 15) is 22.8 Å². The molecule has 0 radical (unpaired) electrons. The minimum atomic E-state index is -5.08. The Morgan fingerprint density at radius 2 is 1.67 bits per heavy atom. The van der Waals surface area contributed by atoms with Gasteiger partial charge in [0, 0.05) is 39.8 Å². The van der Waals surface area contributed by atoms with Crippen LogP contribution in [0.5, 0.6) is 5.75 Å². The molecule has 5 N–H and O–H groups in total. The van der Waals surface area contributed by atoms with Crippen molar-refractivity contribution in [3.05, 3.63) is 71.4 Å². The van der Waals surface area contributed by atoms with Crippen LogP contribution in [0.1, 0.15) is 53.7 Å². The third kappa shape index (κ3) is 7.74. The van der Waals surface area contributed by atoms with E-state index in [1.807, 2.05) is 37.3 Å². The predicted octanol–water partition coefficient (Wildman–Crippen LogP) is 4.04. The summed E-state index contributed by atoms with van der Waals surface area (Å²) in [4.78, 5) is 38.5. The highest BCUT2D eigenvalue weighted by Gasteiger charge is 2.50. The summed E-state index contributed by atoms with van der Waals surface area (Å²) in [6.07, 6.45) is -1.89. The normalized spacial score (nSPS) is 21.2. The fraction of sp³-hybridized carbons (Fsp3) is 0.379. The average Bonchev–Trinajstić information content (AvgIpc) is 3.72. The van der Waals surface area contributed by atoms with E-state index in [0.29, 0.717) is 30.8 Å². The third-order valence-electron chi connectivity index (χ3n) is 7.53. The lowest BCUT2D eigenvalue weighted by atomic mass is 9.74. The number of aromatic nitrogens is 1. The number of nitrogens with one attached hydrogen (secondary N) is 3. The second-order valence-corrected chi connectivity index (χ2v) is 10.6. The summed E-state index contributed by atoms with van der Waals surface area (Å²) in [5, 5.41) is 23.7. The van der Waals surface area contributed by atoms with Crippen LogP contribution in [0.3, 0.4) is 0 Å². The zero-order chi connectivity index (χ0) is 30.5. The second kappa shape index (κ2) is 12.3. The molecule has 2 aliphatic rings. The first kappa shape index (κ1) is 30.7. The van der Waals surface area contributed by atoms with Gasteiger partial charge < -0.3 is 20.5 Å². The van der Waals surface area contributed by atoms with Crippen molar-refractivity contribution in [2.24, 2.45) is 0 Å². The van der Waals surface area contributed by atoms with Gasteiger partial charge in [0.2, 0.25) is 5.91 Å². The lowest BCUT2D eigenvalue weighted by Gasteiger charge is -2.40. The maximum atomic E-state index is 13.1. The van der Waals surface area contributed by atoms with Crippen molar-refractivity contribution in [3.8, 4) is 5.75 Å². The first-order chi connectivity index (χ1) is 19.8. The molecule has 1 aliphatic carbocycles. The Morgan fingerprint density at radius 1 is 1.05 bits per heavy atom. The first-order valence-electron chi connectivity index (χ1n) is 13.2. The molecule has 13 heteroatoms. The van der Waals surface area contributed by atoms with Crippen LogP contribution in [0.25, 0.3) is 10.9 Å². The molecule has 2 amide bonds. The Balaban J connectivity index is 0.000000517. The molecule has 1 aromatic heterocycles. The first-order valence-corrected chi connectivity index (χ1v) is 13.2. The van der Waals surface area contributed by atoms with Crippen molar-refractivity contribution in [2.75, 3.05) is 6.54 Å². The number of ether oxygens (including phenoxy) is 1. The van der Waals surface area contributed by atoms with Gasteiger partial charge in [-0.25, -0.2) is 10.3 Å². The maximum Gasteiger partial charge on any atom is 0.490 e. The van der Waals surface area contributed by atoms with Gasteiger partial charge in [-0.05, 0) is 69.0 Å². The molecular formula is C29H31F3N4O6. The number of carboxylic acids is 1. The highest BCUT2D eigenvalue weighted by atomic mass is 19.4. The van der Waals surface area contributed by atoms with Crippen LogP contribution in [0.15, 0.2) is 54.6 Å². The van der Waals surface area contributed by atoms with Crippen LogP contribution in [0.2, 0.25) is 0 Å². The Bertz CT molecular complexity index is 1450. The molecule has 42 heavy (non-hydrogen) atoms. The number of carboxylic acid groups (broad SMARTS) is 1. The maximum absolute atomic E-state index is 13.1. The Labute approximate surface area is 239 Å². The van der Waals surface area contributed by atoms with Gasteiger partial charge in [-0.2, -0.15) is 13.2 Å². The molecule has 0 bridgehead atoms. The van der Waals surface area contributed by atoms with Crippen molar-refractivity contribution in [2.45, 2.75) is 62.9 Å². The molecule has 2 aromatic carbocycles. The minimum Gasteiger partial charge on any atom is -0.489 e. The summed E-state index contributed by atoms with van der Waals surface area (Å²) >= 11 is 0. The number of alkyl halides is 3. The molecule has 10 nitrogen and oxygen atoms in total. The van der Waals surface area contributed by atoms with Crippen molar-refractivity contribution in [3.63, 3.8) is 0 Å². The number of hydrogen-bond donors (Lipinski definition) is 5. The number of hydroxylamine groups is 1. The van der Waals surface area contributed by atoms with Crippen LogP contribution in [-0.4, -0.2) is 56.9 Å². The summed E-state index contributed by atoms with van der Waals surface area (Å²) in [6.45, 7) is 3.34. The number of amides is 2. The van der Waals surface area contributed by atoms with E-state index in [4.69, 9.17) is 19.8 Å². The summed E-state index contributed by atoms with van der Waals surface area (Å²) < 4.78 is 37.7. The number of halogens is 3. The molecule has 0 unspecified atom stereocenters. The SMILES string of the molecule is Cc1cc(COc2ccc(C(=O)N[C@]3(CC(=O)NO)CC[C@@]4(CC3)CN4)cc2)c2ccccc2n1.O=C(O)C(F)(F)F. The molecule has 224 valence electrons. The highest BCUT2D eigenvalue weighted by molar-refractivity contribution is 5.95. The quantitative estimate of drug-likeness (QED) is 0.157. The van der Waals surface area contributed by atoms with Crippen LogP contribution in [-0.2, 0) is 16.2 Å². The second-order valence-electron chi connectivity index (χ2n) is 10.6. The molecule has 5 rings (SSSR count). The predicted molar refractivity (Wildman–Crippen MR) is 145 cm³/mol.